The van der Waals surface area contributed by atoms with E-state index in [0.29, 0.717) is 10.9 Å². The first-order chi connectivity index (χ1) is 9.97. The van der Waals surface area contributed by atoms with Gasteiger partial charge in [0.25, 0.3) is 0 Å². The number of hydrogen-bond acceptors (Lipinski definition) is 2. The van der Waals surface area contributed by atoms with Crippen LogP contribution in [0.15, 0.2) is 30.3 Å². The Morgan fingerprint density at radius 3 is 2.48 bits per heavy atom. The van der Waals surface area contributed by atoms with E-state index in [1.54, 1.807) is 18.2 Å². The normalized spacial score (nSPS) is 11.1. The Balaban J connectivity index is 2.27. The number of hydrogen-bond donors (Lipinski definition) is 0. The van der Waals surface area contributed by atoms with E-state index in [4.69, 9.17) is 11.6 Å². The molecule has 3 aromatic rings. The molecule has 2 nitrogen and oxygen atoms in total. The van der Waals surface area contributed by atoms with Crippen molar-refractivity contribution in [3.63, 3.8) is 0 Å². The van der Waals surface area contributed by atoms with Crippen molar-refractivity contribution in [2.75, 3.05) is 0 Å². The van der Waals surface area contributed by atoms with E-state index in [-0.39, 0.29) is 16.5 Å². The van der Waals surface area contributed by atoms with Crippen LogP contribution >= 0.6 is 34.2 Å². The predicted molar refractivity (Wildman–Crippen MR) is 82.6 cm³/mol. The Morgan fingerprint density at radius 1 is 0.952 bits per heavy atom. The molecule has 1 aromatic heterocycles. The minimum absolute atomic E-state index is 0.0925. The molecule has 0 unspecified atom stereocenters. The Hall–Kier alpha value is -1.41. The Morgan fingerprint density at radius 2 is 1.71 bits per heavy atom. The molecule has 21 heavy (non-hydrogen) atoms. The number of nitrogens with zero attached hydrogens (tertiary/aromatic N) is 2. The second-order valence-electron chi connectivity index (χ2n) is 4.22. The number of rotatable bonds is 1. The molecule has 0 saturated carbocycles. The largest absolute Gasteiger partial charge is 0.228 e. The minimum Gasteiger partial charge on any atom is -0.228 e. The monoisotopic (exact) mass is 420 g/mol. The Kier molecular flexibility index (Phi) is 3.75. The number of halogens is 5. The molecule has 0 aliphatic carbocycles. The SMILES string of the molecule is Fc1ccc(-c2nc(Cl)c3cc(I)ccc3n2)c(F)c1F. The van der Waals surface area contributed by atoms with Crippen molar-refractivity contribution in [2.45, 2.75) is 0 Å². The maximum atomic E-state index is 13.8. The van der Waals surface area contributed by atoms with Crippen molar-refractivity contribution in [1.29, 1.82) is 0 Å². The summed E-state index contributed by atoms with van der Waals surface area (Å²) in [6.45, 7) is 0. The van der Waals surface area contributed by atoms with E-state index in [1.807, 2.05) is 0 Å². The summed E-state index contributed by atoms with van der Waals surface area (Å²) in [6.07, 6.45) is 0. The zero-order valence-electron chi connectivity index (χ0n) is 10.2. The summed E-state index contributed by atoms with van der Waals surface area (Å²) in [7, 11) is 0. The smallest absolute Gasteiger partial charge is 0.195 e. The lowest BCUT2D eigenvalue weighted by Gasteiger charge is -2.07. The molecule has 0 fully saturated rings. The molecule has 0 amide bonds. The van der Waals surface area contributed by atoms with Crippen molar-refractivity contribution in [3.8, 4) is 11.4 Å². The van der Waals surface area contributed by atoms with Gasteiger partial charge in [-0.2, -0.15) is 0 Å². The maximum absolute atomic E-state index is 13.8. The van der Waals surface area contributed by atoms with E-state index >= 15 is 0 Å². The summed E-state index contributed by atoms with van der Waals surface area (Å²) >= 11 is 8.18. The highest BCUT2D eigenvalue weighted by molar-refractivity contribution is 14.1. The second-order valence-corrected chi connectivity index (χ2v) is 5.83. The Bertz CT molecular complexity index is 870. The van der Waals surface area contributed by atoms with Gasteiger partial charge in [0.15, 0.2) is 23.3 Å². The molecule has 106 valence electrons. The van der Waals surface area contributed by atoms with Crippen LogP contribution in [0.3, 0.4) is 0 Å². The van der Waals surface area contributed by atoms with Crippen molar-refractivity contribution >= 4 is 45.1 Å². The lowest BCUT2D eigenvalue weighted by Crippen LogP contribution is -1.98. The summed E-state index contributed by atoms with van der Waals surface area (Å²) in [5.41, 5.74) is 0.255. The first-order valence-corrected chi connectivity index (χ1v) is 7.19. The van der Waals surface area contributed by atoms with Gasteiger partial charge in [0.1, 0.15) is 5.15 Å². The zero-order valence-corrected chi connectivity index (χ0v) is 13.1. The molecule has 0 aliphatic heterocycles. The van der Waals surface area contributed by atoms with Gasteiger partial charge in [-0.1, -0.05) is 11.6 Å². The zero-order chi connectivity index (χ0) is 15.1. The summed E-state index contributed by atoms with van der Waals surface area (Å²) in [5.74, 6) is -4.26. The van der Waals surface area contributed by atoms with Crippen LogP contribution in [0.1, 0.15) is 0 Å². The fraction of sp³-hybridized carbons (Fsp3) is 0. The van der Waals surface area contributed by atoms with E-state index in [1.165, 1.54) is 0 Å². The van der Waals surface area contributed by atoms with Gasteiger partial charge in [0, 0.05) is 8.96 Å². The number of fused-ring (bicyclic) bond motifs is 1. The van der Waals surface area contributed by atoms with Gasteiger partial charge in [-0.05, 0) is 52.9 Å². The molecule has 3 rings (SSSR count). The maximum Gasteiger partial charge on any atom is 0.195 e. The number of aromatic nitrogens is 2. The first-order valence-electron chi connectivity index (χ1n) is 5.74. The molecule has 1 heterocycles. The highest BCUT2D eigenvalue weighted by atomic mass is 127. The third kappa shape index (κ3) is 2.57. The van der Waals surface area contributed by atoms with Gasteiger partial charge >= 0.3 is 0 Å². The summed E-state index contributed by atoms with van der Waals surface area (Å²) in [5, 5.41) is 0.730. The summed E-state index contributed by atoms with van der Waals surface area (Å²) in [4.78, 5) is 8.12. The van der Waals surface area contributed by atoms with Crippen molar-refractivity contribution in [2.24, 2.45) is 0 Å². The minimum atomic E-state index is -1.56. The van der Waals surface area contributed by atoms with Crippen LogP contribution < -0.4 is 0 Å². The van der Waals surface area contributed by atoms with Crippen molar-refractivity contribution in [3.05, 3.63) is 56.5 Å². The van der Waals surface area contributed by atoms with E-state index in [0.717, 1.165) is 15.7 Å². The van der Waals surface area contributed by atoms with Crippen LogP contribution in [-0.4, -0.2) is 9.97 Å². The van der Waals surface area contributed by atoms with E-state index in [2.05, 4.69) is 32.6 Å². The predicted octanol–water partition coefficient (Wildman–Crippen LogP) is 4.97. The molecule has 0 spiro atoms. The van der Waals surface area contributed by atoms with Crippen LogP contribution in [0.5, 0.6) is 0 Å². The fourth-order valence-corrected chi connectivity index (χ4v) is 2.60. The molecule has 0 saturated heterocycles. The van der Waals surface area contributed by atoms with Crippen molar-refractivity contribution in [1.82, 2.24) is 9.97 Å². The molecule has 0 radical (unpaired) electrons. The van der Waals surface area contributed by atoms with Crippen LogP contribution in [-0.2, 0) is 0 Å². The van der Waals surface area contributed by atoms with Crippen LogP contribution in [0, 0.1) is 21.0 Å². The van der Waals surface area contributed by atoms with Crippen LogP contribution in [0.2, 0.25) is 5.15 Å². The van der Waals surface area contributed by atoms with E-state index < -0.39 is 17.5 Å². The molecular formula is C14H5ClF3IN2. The van der Waals surface area contributed by atoms with Gasteiger partial charge in [0.2, 0.25) is 0 Å². The van der Waals surface area contributed by atoms with Gasteiger partial charge in [-0.3, -0.25) is 0 Å². The molecule has 7 heteroatoms. The van der Waals surface area contributed by atoms with Gasteiger partial charge in [0.05, 0.1) is 11.1 Å². The average Bonchev–Trinajstić information content (AvgIpc) is 2.45. The highest BCUT2D eigenvalue weighted by Gasteiger charge is 2.18. The molecule has 0 atom stereocenters. The fourth-order valence-electron chi connectivity index (χ4n) is 1.88. The van der Waals surface area contributed by atoms with Gasteiger partial charge in [-0.25, -0.2) is 23.1 Å². The van der Waals surface area contributed by atoms with Crippen LogP contribution in [0.25, 0.3) is 22.3 Å². The second kappa shape index (κ2) is 5.42. The topological polar surface area (TPSA) is 25.8 Å². The average molecular weight is 421 g/mol. The van der Waals surface area contributed by atoms with Crippen molar-refractivity contribution < 1.29 is 13.2 Å². The lowest BCUT2D eigenvalue weighted by atomic mass is 10.1. The first kappa shape index (κ1) is 14.5. The summed E-state index contributed by atoms with van der Waals surface area (Å²) in [6, 6.07) is 7.19. The van der Waals surface area contributed by atoms with Gasteiger partial charge < -0.3 is 0 Å². The summed E-state index contributed by atoms with van der Waals surface area (Å²) < 4.78 is 41.0. The third-order valence-corrected chi connectivity index (χ3v) is 3.85. The highest BCUT2D eigenvalue weighted by Crippen LogP contribution is 2.28. The number of benzene rings is 2. The molecular weight excluding hydrogens is 416 g/mol. The molecule has 0 N–H and O–H groups in total. The van der Waals surface area contributed by atoms with Gasteiger partial charge in [-0.15, -0.1) is 0 Å². The molecule has 0 aliphatic rings. The molecule has 0 bridgehead atoms. The molecule has 2 aromatic carbocycles. The van der Waals surface area contributed by atoms with E-state index in [9.17, 15) is 13.2 Å². The third-order valence-electron chi connectivity index (χ3n) is 2.89. The van der Waals surface area contributed by atoms with Crippen LogP contribution in [0.4, 0.5) is 13.2 Å². The standard InChI is InChI=1S/C14H5ClF3IN2/c15-13-8-5-6(19)1-4-10(8)20-14(21-13)7-2-3-9(16)12(18)11(7)17/h1-5H. The Labute approximate surface area is 136 Å². The quantitative estimate of drug-likeness (QED) is 0.315. The lowest BCUT2D eigenvalue weighted by molar-refractivity contribution is 0.448.